The van der Waals surface area contributed by atoms with Crippen molar-refractivity contribution in [2.75, 3.05) is 6.54 Å². The number of carbonyl (C=O) groups is 1. The van der Waals surface area contributed by atoms with Gasteiger partial charge in [-0.2, -0.15) is 0 Å². The van der Waals surface area contributed by atoms with Crippen LogP contribution < -0.4 is 5.73 Å². The molecular formula is C12H23NO2. The van der Waals surface area contributed by atoms with Gasteiger partial charge in [-0.3, -0.25) is 4.79 Å². The first-order valence-electron chi connectivity index (χ1n) is 6.04. The lowest BCUT2D eigenvalue weighted by Gasteiger charge is -2.31. The van der Waals surface area contributed by atoms with Gasteiger partial charge < -0.3 is 10.8 Å². The Morgan fingerprint density at radius 2 is 2.00 bits per heavy atom. The smallest absolute Gasteiger partial charge is 0.311 e. The van der Waals surface area contributed by atoms with Crippen molar-refractivity contribution in [3.05, 3.63) is 0 Å². The topological polar surface area (TPSA) is 63.3 Å². The molecule has 88 valence electrons. The van der Waals surface area contributed by atoms with E-state index in [1.54, 1.807) is 0 Å². The second-order valence-electron chi connectivity index (χ2n) is 4.83. The summed E-state index contributed by atoms with van der Waals surface area (Å²) in [4.78, 5) is 11.4. The summed E-state index contributed by atoms with van der Waals surface area (Å²) in [6, 6.07) is 0. The first-order valence-corrected chi connectivity index (χ1v) is 6.04. The zero-order chi connectivity index (χ0) is 11.5. The van der Waals surface area contributed by atoms with Gasteiger partial charge in [0.15, 0.2) is 0 Å². The molecule has 1 aliphatic rings. The summed E-state index contributed by atoms with van der Waals surface area (Å²) in [5.74, 6) is 0.158. The molecule has 1 fully saturated rings. The Bertz CT molecular complexity index is 222. The average molecular weight is 213 g/mol. The van der Waals surface area contributed by atoms with Gasteiger partial charge in [-0.1, -0.05) is 26.7 Å². The highest BCUT2D eigenvalue weighted by Crippen LogP contribution is 2.49. The van der Waals surface area contributed by atoms with Crippen molar-refractivity contribution in [1.29, 1.82) is 0 Å². The van der Waals surface area contributed by atoms with Gasteiger partial charge in [-0.05, 0) is 31.1 Å². The van der Waals surface area contributed by atoms with Crippen molar-refractivity contribution in [1.82, 2.24) is 0 Å². The van der Waals surface area contributed by atoms with Crippen LogP contribution in [-0.4, -0.2) is 17.6 Å². The molecule has 0 spiro atoms. The van der Waals surface area contributed by atoms with Crippen molar-refractivity contribution >= 4 is 5.97 Å². The van der Waals surface area contributed by atoms with Crippen LogP contribution in [0.2, 0.25) is 0 Å². The van der Waals surface area contributed by atoms with E-state index in [9.17, 15) is 9.90 Å². The van der Waals surface area contributed by atoms with Crippen LogP contribution in [0.3, 0.4) is 0 Å². The van der Waals surface area contributed by atoms with Crippen molar-refractivity contribution < 1.29 is 9.90 Å². The lowest BCUT2D eigenvalue weighted by atomic mass is 9.74. The van der Waals surface area contributed by atoms with Gasteiger partial charge >= 0.3 is 5.97 Å². The molecule has 0 aromatic heterocycles. The maximum absolute atomic E-state index is 11.4. The van der Waals surface area contributed by atoms with Crippen molar-refractivity contribution in [3.63, 3.8) is 0 Å². The SMILES string of the molecule is CCC(CC)CC(CN)(C(=O)O)C1CC1. The number of hydrogen-bond acceptors (Lipinski definition) is 2. The summed E-state index contributed by atoms with van der Waals surface area (Å²) in [6.45, 7) is 4.55. The second-order valence-corrected chi connectivity index (χ2v) is 4.83. The summed E-state index contributed by atoms with van der Waals surface area (Å²) >= 11 is 0. The lowest BCUT2D eigenvalue weighted by Crippen LogP contribution is -2.42. The molecule has 0 bridgehead atoms. The van der Waals surface area contributed by atoms with E-state index in [4.69, 9.17) is 5.73 Å². The minimum absolute atomic E-state index is 0.295. The van der Waals surface area contributed by atoms with Crippen LogP contribution in [0.15, 0.2) is 0 Å². The number of hydrogen-bond donors (Lipinski definition) is 2. The van der Waals surface area contributed by atoms with E-state index in [0.717, 1.165) is 32.1 Å². The largest absolute Gasteiger partial charge is 0.481 e. The highest BCUT2D eigenvalue weighted by atomic mass is 16.4. The number of carboxylic acid groups (broad SMARTS) is 1. The number of nitrogens with two attached hydrogens (primary N) is 1. The molecule has 0 radical (unpaired) electrons. The molecule has 1 atom stereocenters. The highest BCUT2D eigenvalue weighted by molar-refractivity contribution is 5.76. The molecule has 1 unspecified atom stereocenters. The predicted octanol–water partition coefficient (Wildman–Crippen LogP) is 2.25. The number of rotatable bonds is 7. The molecule has 0 aromatic carbocycles. The van der Waals surface area contributed by atoms with Gasteiger partial charge in [0.2, 0.25) is 0 Å². The van der Waals surface area contributed by atoms with Crippen LogP contribution in [0.25, 0.3) is 0 Å². The third-order valence-corrected chi connectivity index (χ3v) is 3.96. The van der Waals surface area contributed by atoms with Crippen molar-refractivity contribution in [2.24, 2.45) is 23.0 Å². The van der Waals surface area contributed by atoms with E-state index in [2.05, 4.69) is 13.8 Å². The molecule has 0 aromatic rings. The molecule has 3 nitrogen and oxygen atoms in total. The molecular weight excluding hydrogens is 190 g/mol. The van der Waals surface area contributed by atoms with E-state index in [-0.39, 0.29) is 0 Å². The normalized spacial score (nSPS) is 20.3. The minimum Gasteiger partial charge on any atom is -0.481 e. The van der Waals surface area contributed by atoms with Crippen LogP contribution >= 0.6 is 0 Å². The fourth-order valence-corrected chi connectivity index (χ4v) is 2.49. The van der Waals surface area contributed by atoms with E-state index in [1.165, 1.54) is 0 Å². The maximum Gasteiger partial charge on any atom is 0.311 e. The van der Waals surface area contributed by atoms with Crippen LogP contribution in [0.5, 0.6) is 0 Å². The highest BCUT2D eigenvalue weighted by Gasteiger charge is 2.50. The summed E-state index contributed by atoms with van der Waals surface area (Å²) < 4.78 is 0. The summed E-state index contributed by atoms with van der Waals surface area (Å²) in [5, 5.41) is 9.39. The van der Waals surface area contributed by atoms with E-state index >= 15 is 0 Å². The van der Waals surface area contributed by atoms with Gasteiger partial charge in [-0.15, -0.1) is 0 Å². The Morgan fingerprint density at radius 1 is 1.47 bits per heavy atom. The Hall–Kier alpha value is -0.570. The maximum atomic E-state index is 11.4. The Balaban J connectivity index is 2.74. The first kappa shape index (κ1) is 12.5. The van der Waals surface area contributed by atoms with Crippen molar-refractivity contribution in [3.8, 4) is 0 Å². The molecule has 0 amide bonds. The molecule has 0 aliphatic heterocycles. The quantitative estimate of drug-likeness (QED) is 0.681. The van der Waals surface area contributed by atoms with Gasteiger partial charge in [0.05, 0.1) is 5.41 Å². The van der Waals surface area contributed by atoms with Gasteiger partial charge in [0.25, 0.3) is 0 Å². The molecule has 15 heavy (non-hydrogen) atoms. The van der Waals surface area contributed by atoms with Crippen molar-refractivity contribution in [2.45, 2.75) is 46.0 Å². The predicted molar refractivity (Wildman–Crippen MR) is 60.5 cm³/mol. The van der Waals surface area contributed by atoms with E-state index < -0.39 is 11.4 Å². The Morgan fingerprint density at radius 3 is 2.27 bits per heavy atom. The molecule has 1 rings (SSSR count). The summed E-state index contributed by atoms with van der Waals surface area (Å²) in [5.41, 5.74) is 5.10. The third-order valence-electron chi connectivity index (χ3n) is 3.96. The van der Waals surface area contributed by atoms with Crippen LogP contribution in [0.1, 0.15) is 46.0 Å². The zero-order valence-electron chi connectivity index (χ0n) is 9.83. The van der Waals surface area contributed by atoms with Crippen LogP contribution in [0.4, 0.5) is 0 Å². The van der Waals surface area contributed by atoms with E-state index in [1.807, 2.05) is 0 Å². The molecule has 1 saturated carbocycles. The average Bonchev–Trinajstić information content (AvgIpc) is 3.04. The Labute approximate surface area is 92.0 Å². The third kappa shape index (κ3) is 2.51. The monoisotopic (exact) mass is 213 g/mol. The van der Waals surface area contributed by atoms with Crippen LogP contribution in [0, 0.1) is 17.3 Å². The fraction of sp³-hybridized carbons (Fsp3) is 0.917. The number of carboxylic acids is 1. The molecule has 1 aliphatic carbocycles. The zero-order valence-corrected chi connectivity index (χ0v) is 9.83. The Kier molecular flexibility index (Phi) is 4.14. The molecule has 3 heteroatoms. The summed E-state index contributed by atoms with van der Waals surface area (Å²) in [6.07, 6.45) is 4.96. The summed E-state index contributed by atoms with van der Waals surface area (Å²) in [7, 11) is 0. The lowest BCUT2D eigenvalue weighted by molar-refractivity contribution is -0.151. The minimum atomic E-state index is -0.681. The van der Waals surface area contributed by atoms with Gasteiger partial charge in [-0.25, -0.2) is 0 Å². The fourth-order valence-electron chi connectivity index (χ4n) is 2.49. The van der Waals surface area contributed by atoms with E-state index in [0.29, 0.717) is 18.4 Å². The first-order chi connectivity index (χ1) is 7.10. The molecule has 0 heterocycles. The molecule has 0 saturated heterocycles. The second kappa shape index (κ2) is 4.97. The standard InChI is InChI=1S/C12H23NO2/c1-3-9(4-2)7-12(8-13,11(14)15)10-5-6-10/h9-10H,3-8,13H2,1-2H3,(H,14,15). The van der Waals surface area contributed by atoms with Gasteiger partial charge in [0, 0.05) is 6.54 Å². The molecule has 3 N–H and O–H groups in total. The van der Waals surface area contributed by atoms with Crippen LogP contribution in [-0.2, 0) is 4.79 Å². The number of aliphatic carboxylic acids is 1. The van der Waals surface area contributed by atoms with Gasteiger partial charge in [0.1, 0.15) is 0 Å².